The quantitative estimate of drug-likeness (QED) is 0.494. The van der Waals surface area contributed by atoms with Crippen molar-refractivity contribution in [3.8, 4) is 0 Å². The molecule has 1 nitrogen and oxygen atoms in total. The topological polar surface area (TPSA) is 3.24 Å². The minimum absolute atomic E-state index is 0.0477. The number of rotatable bonds is 8. The smallest absolute Gasteiger partial charge is 0.266 e. The molecular formula is C24H29F2N. The molecule has 27 heavy (non-hydrogen) atoms. The van der Waals surface area contributed by atoms with Gasteiger partial charge < -0.3 is 4.90 Å². The Morgan fingerprint density at radius 2 is 1.78 bits per heavy atom. The van der Waals surface area contributed by atoms with Crippen LogP contribution in [0.15, 0.2) is 66.7 Å². The van der Waals surface area contributed by atoms with Crippen molar-refractivity contribution < 1.29 is 8.78 Å². The SMILES string of the molecule is C=C(CCc1ccccc1)C(CC)Cc1ccc(N2CCC(F)(F)C2)cc1. The summed E-state index contributed by atoms with van der Waals surface area (Å²) in [7, 11) is 0. The van der Waals surface area contributed by atoms with Gasteiger partial charge in [-0.3, -0.25) is 0 Å². The normalized spacial score (nSPS) is 17.1. The fourth-order valence-corrected chi connectivity index (χ4v) is 3.81. The maximum atomic E-state index is 13.4. The molecule has 1 fully saturated rings. The second-order valence-electron chi connectivity index (χ2n) is 7.65. The Morgan fingerprint density at radius 1 is 1.07 bits per heavy atom. The maximum absolute atomic E-state index is 13.4. The molecule has 0 radical (unpaired) electrons. The van der Waals surface area contributed by atoms with Crippen LogP contribution in [0.4, 0.5) is 14.5 Å². The summed E-state index contributed by atoms with van der Waals surface area (Å²) in [4.78, 5) is 1.78. The average Bonchev–Trinajstić information content (AvgIpc) is 3.05. The molecule has 1 unspecified atom stereocenters. The van der Waals surface area contributed by atoms with E-state index in [-0.39, 0.29) is 13.0 Å². The van der Waals surface area contributed by atoms with Crippen LogP contribution in [0.5, 0.6) is 0 Å². The molecule has 0 aromatic heterocycles. The molecule has 144 valence electrons. The molecule has 0 amide bonds. The summed E-state index contributed by atoms with van der Waals surface area (Å²) in [6.07, 6.45) is 4.00. The number of nitrogens with zero attached hydrogens (tertiary/aromatic N) is 1. The van der Waals surface area contributed by atoms with Gasteiger partial charge in [0.05, 0.1) is 6.54 Å². The molecule has 3 rings (SSSR count). The first-order chi connectivity index (χ1) is 13.0. The first-order valence-corrected chi connectivity index (χ1v) is 9.90. The van der Waals surface area contributed by atoms with Crippen molar-refractivity contribution in [2.45, 2.75) is 45.0 Å². The minimum Gasteiger partial charge on any atom is -0.365 e. The highest BCUT2D eigenvalue weighted by molar-refractivity contribution is 5.49. The van der Waals surface area contributed by atoms with Crippen LogP contribution >= 0.6 is 0 Å². The molecule has 2 aromatic rings. The molecule has 0 spiro atoms. The molecule has 3 heteroatoms. The van der Waals surface area contributed by atoms with Gasteiger partial charge >= 0.3 is 0 Å². The largest absolute Gasteiger partial charge is 0.365 e. The van der Waals surface area contributed by atoms with Crippen LogP contribution in [0.2, 0.25) is 0 Å². The van der Waals surface area contributed by atoms with Gasteiger partial charge in [0.25, 0.3) is 5.92 Å². The standard InChI is InChI=1S/C24H29F2N/c1-3-22(19(2)9-10-20-7-5-4-6-8-20)17-21-11-13-23(14-12-21)27-16-15-24(25,26)18-27/h4-8,11-14,22H,2-3,9-10,15-18H2,1H3. The lowest BCUT2D eigenvalue weighted by Crippen LogP contribution is -2.24. The Morgan fingerprint density at radius 3 is 2.37 bits per heavy atom. The number of anilines is 1. The molecule has 0 N–H and O–H groups in total. The van der Waals surface area contributed by atoms with Gasteiger partial charge in [-0.25, -0.2) is 8.78 Å². The first kappa shape index (κ1) is 19.6. The molecule has 1 saturated heterocycles. The van der Waals surface area contributed by atoms with E-state index in [1.54, 1.807) is 4.90 Å². The van der Waals surface area contributed by atoms with Crippen LogP contribution in [0.1, 0.15) is 37.3 Å². The zero-order valence-corrected chi connectivity index (χ0v) is 16.1. The van der Waals surface area contributed by atoms with Gasteiger partial charge in [-0.05, 0) is 54.9 Å². The number of hydrogen-bond donors (Lipinski definition) is 0. The van der Waals surface area contributed by atoms with E-state index in [0.29, 0.717) is 12.5 Å². The number of aryl methyl sites for hydroxylation is 1. The molecule has 2 aromatic carbocycles. The number of halogens is 2. The highest BCUT2D eigenvalue weighted by Crippen LogP contribution is 2.31. The van der Waals surface area contributed by atoms with Gasteiger partial charge in [-0.15, -0.1) is 0 Å². The van der Waals surface area contributed by atoms with Gasteiger partial charge in [0.15, 0.2) is 0 Å². The van der Waals surface area contributed by atoms with E-state index in [1.807, 2.05) is 18.2 Å². The van der Waals surface area contributed by atoms with E-state index < -0.39 is 5.92 Å². The summed E-state index contributed by atoms with van der Waals surface area (Å²) in [5.41, 5.74) is 4.79. The Hall–Kier alpha value is -2.16. The Labute approximate surface area is 161 Å². The first-order valence-electron chi connectivity index (χ1n) is 9.90. The fraction of sp³-hybridized carbons (Fsp3) is 0.417. The van der Waals surface area contributed by atoms with Crippen molar-refractivity contribution in [2.24, 2.45) is 5.92 Å². The predicted molar refractivity (Wildman–Crippen MR) is 110 cm³/mol. The molecule has 0 aliphatic carbocycles. The summed E-state index contributed by atoms with van der Waals surface area (Å²) in [5, 5.41) is 0. The molecular weight excluding hydrogens is 340 g/mol. The molecule has 1 aliphatic rings. The summed E-state index contributed by atoms with van der Waals surface area (Å²) in [6, 6.07) is 18.6. The third-order valence-corrected chi connectivity index (χ3v) is 5.60. The van der Waals surface area contributed by atoms with Crippen LogP contribution in [-0.4, -0.2) is 19.0 Å². The number of alkyl halides is 2. The number of allylic oxidation sites excluding steroid dienone is 1. The van der Waals surface area contributed by atoms with Crippen LogP contribution in [0.25, 0.3) is 0 Å². The zero-order valence-electron chi connectivity index (χ0n) is 16.1. The Balaban J connectivity index is 1.55. The van der Waals surface area contributed by atoms with Gasteiger partial charge in [-0.2, -0.15) is 0 Å². The maximum Gasteiger partial charge on any atom is 0.266 e. The third kappa shape index (κ3) is 5.41. The van der Waals surface area contributed by atoms with E-state index in [1.165, 1.54) is 16.7 Å². The summed E-state index contributed by atoms with van der Waals surface area (Å²) in [5.74, 6) is -2.10. The average molecular weight is 369 g/mol. The number of benzene rings is 2. The lowest BCUT2D eigenvalue weighted by molar-refractivity contribution is 0.0257. The van der Waals surface area contributed by atoms with Gasteiger partial charge in [0.1, 0.15) is 0 Å². The summed E-state index contributed by atoms with van der Waals surface area (Å²) >= 11 is 0. The van der Waals surface area contributed by atoms with Crippen molar-refractivity contribution in [3.63, 3.8) is 0 Å². The second kappa shape index (κ2) is 8.69. The molecule has 0 saturated carbocycles. The van der Waals surface area contributed by atoms with Crippen molar-refractivity contribution >= 4 is 5.69 Å². The van der Waals surface area contributed by atoms with Crippen LogP contribution in [0, 0.1) is 5.92 Å². The Kier molecular flexibility index (Phi) is 6.30. The predicted octanol–water partition coefficient (Wildman–Crippen LogP) is 6.29. The third-order valence-electron chi connectivity index (χ3n) is 5.60. The summed E-state index contributed by atoms with van der Waals surface area (Å²) < 4.78 is 26.8. The van der Waals surface area contributed by atoms with Crippen LogP contribution in [0.3, 0.4) is 0 Å². The van der Waals surface area contributed by atoms with E-state index in [0.717, 1.165) is 31.4 Å². The van der Waals surface area contributed by atoms with E-state index in [4.69, 9.17) is 0 Å². The van der Waals surface area contributed by atoms with Crippen molar-refractivity contribution in [3.05, 3.63) is 77.9 Å². The zero-order chi connectivity index (χ0) is 19.3. The van der Waals surface area contributed by atoms with E-state index in [9.17, 15) is 8.78 Å². The number of hydrogen-bond acceptors (Lipinski definition) is 1. The van der Waals surface area contributed by atoms with Crippen LogP contribution < -0.4 is 4.90 Å². The van der Waals surface area contributed by atoms with Crippen molar-refractivity contribution in [1.29, 1.82) is 0 Å². The van der Waals surface area contributed by atoms with E-state index >= 15 is 0 Å². The van der Waals surface area contributed by atoms with Gasteiger partial charge in [-0.1, -0.05) is 61.5 Å². The monoisotopic (exact) mass is 369 g/mol. The Bertz CT molecular complexity index is 737. The van der Waals surface area contributed by atoms with E-state index in [2.05, 4.69) is 49.9 Å². The van der Waals surface area contributed by atoms with Crippen molar-refractivity contribution in [1.82, 2.24) is 0 Å². The highest BCUT2D eigenvalue weighted by Gasteiger charge is 2.38. The van der Waals surface area contributed by atoms with Crippen LogP contribution in [-0.2, 0) is 12.8 Å². The highest BCUT2D eigenvalue weighted by atomic mass is 19.3. The molecule has 1 aliphatic heterocycles. The van der Waals surface area contributed by atoms with Gasteiger partial charge in [0, 0.05) is 18.7 Å². The second-order valence-corrected chi connectivity index (χ2v) is 7.65. The fourth-order valence-electron chi connectivity index (χ4n) is 3.81. The lowest BCUT2D eigenvalue weighted by atomic mass is 9.87. The van der Waals surface area contributed by atoms with Gasteiger partial charge in [0.2, 0.25) is 0 Å². The molecule has 0 bridgehead atoms. The van der Waals surface area contributed by atoms with Crippen molar-refractivity contribution in [2.75, 3.05) is 18.0 Å². The lowest BCUT2D eigenvalue weighted by Gasteiger charge is -2.20. The molecule has 1 heterocycles. The summed E-state index contributed by atoms with van der Waals surface area (Å²) in [6.45, 7) is 6.81. The minimum atomic E-state index is -2.55. The molecule has 1 atom stereocenters.